The predicted molar refractivity (Wildman–Crippen MR) is 225 cm³/mol. The number of aliphatic hydroxyl groups is 5. The number of aryl methyl sites for hydroxylation is 1. The standard InChI is InChI=1S/C25H37NO4.C22H29ClO5/c27-20-23-18-22(13-14-24(23)28)25(29)19-26-15-7-1-2-8-16-30-17-9-6-12-21-10-4-3-5-11-21;1-12-8-16-15-5-4-13-9-14(25)6-7-19(13,2)21(15,23)17(26)10-20(16,3)22(12,28)18(27)11-24/h3-5,10-11,13-14,18,25-29H,1-2,6-9,12,15-17,19-20H2;6-7,9,12,15-17,24,26,28H,4-5,8,10-11H2,1-3H3/t;12-,15-,16-,17-,19-,20-,21-,22-/m.0/s1. The van der Waals surface area contributed by atoms with Gasteiger partial charge in [0.05, 0.1) is 23.7 Å². The van der Waals surface area contributed by atoms with Gasteiger partial charge in [-0.1, -0.05) is 81.7 Å². The van der Waals surface area contributed by atoms with Crippen molar-refractivity contribution in [3.8, 4) is 5.75 Å². The second kappa shape index (κ2) is 20.1. The molecule has 3 fully saturated rings. The largest absolute Gasteiger partial charge is 0.508 e. The lowest BCUT2D eigenvalue weighted by Gasteiger charge is -2.63. The van der Waals surface area contributed by atoms with E-state index in [4.69, 9.17) is 16.3 Å². The molecular formula is C47H66ClNO9. The van der Waals surface area contributed by atoms with Crippen LogP contribution < -0.4 is 5.32 Å². The van der Waals surface area contributed by atoms with E-state index < -0.39 is 45.9 Å². The van der Waals surface area contributed by atoms with E-state index in [0.29, 0.717) is 36.9 Å². The Morgan fingerprint density at radius 1 is 1.00 bits per heavy atom. The van der Waals surface area contributed by atoms with Crippen LogP contribution in [0.15, 0.2) is 72.3 Å². The fourth-order valence-electron chi connectivity index (χ4n) is 10.6. The normalized spacial score (nSPS) is 31.7. The predicted octanol–water partition coefficient (Wildman–Crippen LogP) is 6.27. The number of benzene rings is 2. The van der Waals surface area contributed by atoms with Gasteiger partial charge in [0.25, 0.3) is 0 Å². The van der Waals surface area contributed by atoms with E-state index in [1.165, 1.54) is 24.1 Å². The molecule has 4 aliphatic rings. The van der Waals surface area contributed by atoms with E-state index in [2.05, 4.69) is 35.6 Å². The highest BCUT2D eigenvalue weighted by Crippen LogP contribution is 2.71. The van der Waals surface area contributed by atoms with Gasteiger partial charge in [0.15, 0.2) is 11.6 Å². The Kier molecular flexibility index (Phi) is 16.0. The van der Waals surface area contributed by atoms with Gasteiger partial charge in [0.1, 0.15) is 18.0 Å². The number of alkyl halides is 1. The number of ketones is 2. The van der Waals surface area contributed by atoms with E-state index in [9.17, 15) is 40.2 Å². The zero-order chi connectivity index (χ0) is 42.1. The van der Waals surface area contributed by atoms with Crippen LogP contribution in [-0.2, 0) is 27.4 Å². The molecule has 0 saturated heterocycles. The molecule has 0 spiro atoms. The van der Waals surface area contributed by atoms with Crippen LogP contribution in [0.25, 0.3) is 0 Å². The van der Waals surface area contributed by atoms with Crippen LogP contribution in [0.1, 0.15) is 108 Å². The lowest BCUT2D eigenvalue weighted by atomic mass is 9.45. The van der Waals surface area contributed by atoms with Crippen molar-refractivity contribution < 1.29 is 45.0 Å². The number of nitrogens with one attached hydrogen (secondary N) is 1. The fraction of sp³-hybridized carbons (Fsp3) is 0.617. The van der Waals surface area contributed by atoms with Crippen LogP contribution in [0, 0.1) is 28.6 Å². The molecule has 0 aromatic heterocycles. The molecule has 0 heterocycles. The molecular weight excluding hydrogens is 758 g/mol. The number of hydrogen-bond donors (Lipinski definition) is 7. The number of unbranched alkanes of at least 4 members (excludes halogenated alkanes) is 4. The molecule has 2 aromatic carbocycles. The molecule has 2 aromatic rings. The molecule has 4 aliphatic carbocycles. The van der Waals surface area contributed by atoms with E-state index in [1.54, 1.807) is 18.2 Å². The van der Waals surface area contributed by atoms with E-state index in [0.717, 1.165) is 63.9 Å². The number of carbonyl (C=O) groups is 2. The van der Waals surface area contributed by atoms with E-state index in [1.807, 2.05) is 26.8 Å². The van der Waals surface area contributed by atoms with Crippen LogP contribution in [0.5, 0.6) is 5.75 Å². The van der Waals surface area contributed by atoms with Crippen LogP contribution in [0.4, 0.5) is 0 Å². The van der Waals surface area contributed by atoms with Gasteiger partial charge in [-0.3, -0.25) is 9.59 Å². The van der Waals surface area contributed by atoms with Gasteiger partial charge in [-0.15, -0.1) is 11.6 Å². The summed E-state index contributed by atoms with van der Waals surface area (Å²) < 4.78 is 5.72. The third kappa shape index (κ3) is 9.35. The number of halogens is 1. The molecule has 9 atom stereocenters. The van der Waals surface area contributed by atoms with Crippen LogP contribution >= 0.6 is 11.6 Å². The number of fused-ring (bicyclic) bond motifs is 5. The zero-order valence-electron chi connectivity index (χ0n) is 34.5. The molecule has 0 bridgehead atoms. The quantitative estimate of drug-likeness (QED) is 0.0670. The molecule has 6 rings (SSSR count). The number of Topliss-reactive ketones (excluding diaryl/α,β-unsaturated/α-hetero) is 1. The van der Waals surface area contributed by atoms with Crippen molar-refractivity contribution in [2.45, 2.75) is 121 Å². The Bertz CT molecular complexity index is 1750. The number of hydrogen-bond acceptors (Lipinski definition) is 10. The second-order valence-electron chi connectivity index (χ2n) is 17.5. The number of aliphatic hydroxyl groups excluding tert-OH is 4. The SMILES string of the molecule is C[C@H]1C[C@H]2[C@@H]3CCC4=CC(=O)C=C[C@]4(C)[C@@]3(Cl)[C@@H](O)C[C@]2(C)[C@@]1(O)C(=O)CO.OCc1cc(C(O)CNCCCCCCOCCCCc2ccccc2)ccc1O. The summed E-state index contributed by atoms with van der Waals surface area (Å²) >= 11 is 7.30. The van der Waals surface area contributed by atoms with Crippen molar-refractivity contribution in [2.24, 2.45) is 28.6 Å². The maximum atomic E-state index is 12.6. The maximum absolute atomic E-state index is 12.6. The Morgan fingerprint density at radius 2 is 1.71 bits per heavy atom. The number of carbonyl (C=O) groups excluding carboxylic acids is 2. The highest BCUT2D eigenvalue weighted by Gasteiger charge is 2.74. The third-order valence-corrected chi connectivity index (χ3v) is 15.0. The maximum Gasteiger partial charge on any atom is 0.190 e. The van der Waals surface area contributed by atoms with Crippen molar-refractivity contribution in [3.05, 3.63) is 89.0 Å². The molecule has 0 amide bonds. The number of phenols is 1. The summed E-state index contributed by atoms with van der Waals surface area (Å²) in [5.41, 5.74) is 0.284. The zero-order valence-corrected chi connectivity index (χ0v) is 35.3. The first-order chi connectivity index (χ1) is 27.7. The first kappa shape index (κ1) is 46.1. The Balaban J connectivity index is 0.000000221. The minimum Gasteiger partial charge on any atom is -0.508 e. The molecule has 320 valence electrons. The Hall–Kier alpha value is -2.93. The van der Waals surface area contributed by atoms with Crippen LogP contribution in [0.3, 0.4) is 0 Å². The van der Waals surface area contributed by atoms with Gasteiger partial charge >= 0.3 is 0 Å². The molecule has 0 aliphatic heterocycles. The summed E-state index contributed by atoms with van der Waals surface area (Å²) in [5.74, 6) is -1.10. The first-order valence-corrected chi connectivity index (χ1v) is 21.7. The van der Waals surface area contributed by atoms with Gasteiger partial charge in [-0.25, -0.2) is 0 Å². The van der Waals surface area contributed by atoms with Gasteiger partial charge in [-0.2, -0.15) is 0 Å². The summed E-state index contributed by atoms with van der Waals surface area (Å²) in [6.07, 6.45) is 13.5. The number of ether oxygens (including phenoxy) is 1. The second-order valence-corrected chi connectivity index (χ2v) is 18.1. The van der Waals surface area contributed by atoms with E-state index >= 15 is 0 Å². The van der Waals surface area contributed by atoms with Gasteiger partial charge in [0, 0.05) is 36.2 Å². The summed E-state index contributed by atoms with van der Waals surface area (Å²) in [6.45, 7) is 7.74. The number of aromatic hydroxyl groups is 1. The lowest BCUT2D eigenvalue weighted by Crippen LogP contribution is -2.69. The van der Waals surface area contributed by atoms with Crippen molar-refractivity contribution in [2.75, 3.05) is 32.9 Å². The molecule has 11 heteroatoms. The van der Waals surface area contributed by atoms with Gasteiger partial charge in [-0.05, 0) is 117 Å². The summed E-state index contributed by atoms with van der Waals surface area (Å²) in [5, 5.41) is 64.6. The first-order valence-electron chi connectivity index (χ1n) is 21.3. The molecule has 1 unspecified atom stereocenters. The van der Waals surface area contributed by atoms with Crippen molar-refractivity contribution >= 4 is 23.2 Å². The lowest BCUT2D eigenvalue weighted by molar-refractivity contribution is -0.179. The molecule has 3 saturated carbocycles. The summed E-state index contributed by atoms with van der Waals surface area (Å²) in [7, 11) is 0. The van der Waals surface area contributed by atoms with Crippen molar-refractivity contribution in [3.63, 3.8) is 0 Å². The Morgan fingerprint density at radius 3 is 2.41 bits per heavy atom. The Labute approximate surface area is 349 Å². The smallest absolute Gasteiger partial charge is 0.190 e. The van der Waals surface area contributed by atoms with Gasteiger partial charge in [0.2, 0.25) is 0 Å². The molecule has 10 nitrogen and oxygen atoms in total. The van der Waals surface area contributed by atoms with Gasteiger partial charge < -0.3 is 40.7 Å². The van der Waals surface area contributed by atoms with Crippen LogP contribution in [0.2, 0.25) is 0 Å². The molecule has 58 heavy (non-hydrogen) atoms. The van der Waals surface area contributed by atoms with Crippen molar-refractivity contribution in [1.29, 1.82) is 0 Å². The van der Waals surface area contributed by atoms with Crippen molar-refractivity contribution in [1.82, 2.24) is 5.32 Å². The highest BCUT2D eigenvalue weighted by molar-refractivity contribution is 6.26. The monoisotopic (exact) mass is 823 g/mol. The minimum atomic E-state index is -1.68. The topological polar surface area (TPSA) is 177 Å². The summed E-state index contributed by atoms with van der Waals surface area (Å²) in [4.78, 5) is 23.5. The number of allylic oxidation sites excluding steroid dienone is 4. The van der Waals surface area contributed by atoms with Crippen LogP contribution in [-0.4, -0.2) is 91.7 Å². The highest BCUT2D eigenvalue weighted by atomic mass is 35.5. The average Bonchev–Trinajstić information content (AvgIpc) is 3.42. The molecule has 0 radical (unpaired) electrons. The third-order valence-electron chi connectivity index (χ3n) is 14.0. The minimum absolute atomic E-state index is 0.0533. The van der Waals surface area contributed by atoms with E-state index in [-0.39, 0.29) is 42.3 Å². The average molecular weight is 824 g/mol. The fourth-order valence-corrected chi connectivity index (χ4v) is 11.2. The molecule has 7 N–H and O–H groups in total. The summed E-state index contributed by atoms with van der Waals surface area (Å²) in [6, 6.07) is 15.4. The number of rotatable bonds is 18.